The summed E-state index contributed by atoms with van der Waals surface area (Å²) < 4.78 is 6.94. The molecule has 4 atom stereocenters. The Labute approximate surface area is 200 Å². The van der Waals surface area contributed by atoms with E-state index in [9.17, 15) is 19.8 Å². The van der Waals surface area contributed by atoms with E-state index in [1.165, 1.54) is 29.0 Å². The summed E-state index contributed by atoms with van der Waals surface area (Å²) in [5.74, 6) is 4.89. The van der Waals surface area contributed by atoms with E-state index in [2.05, 4.69) is 37.1 Å². The Morgan fingerprint density at radius 2 is 2.03 bits per heavy atom. The number of nitrogen functional groups attached to an aromatic ring is 1. The molecule has 0 spiro atoms. The first-order valence-electron chi connectivity index (χ1n) is 10.6. The zero-order chi connectivity index (χ0) is 25.3. The molecule has 0 radical (unpaired) electrons. The van der Waals surface area contributed by atoms with Gasteiger partial charge >= 0.3 is 0 Å². The van der Waals surface area contributed by atoms with Crippen LogP contribution in [0.15, 0.2) is 24.7 Å². The standard InChI is InChI=1S/C22H24N8O5/c1-11-6-7-12(9-25-11)21(34)29(3)8-4-5-13-27-18(23)14-19(28-13)30(10-26-14)22-16(32)15(31)17(35-22)20(33)24-2/h6-7,9-10,15-17,22,31-32H,8H2,1-3H3,(H,24,33)(H2,23,27,28)/t15-,16?,17-,22+/m0/s1. The van der Waals surface area contributed by atoms with Crippen LogP contribution >= 0.6 is 0 Å². The zero-order valence-corrected chi connectivity index (χ0v) is 19.2. The topological polar surface area (TPSA) is 182 Å². The average Bonchev–Trinajstić information content (AvgIpc) is 3.39. The molecular formula is C22H24N8O5. The van der Waals surface area contributed by atoms with Crippen LogP contribution in [-0.2, 0) is 9.53 Å². The lowest BCUT2D eigenvalue weighted by Gasteiger charge is -2.16. The number of likely N-dealkylation sites (N-methyl/N-ethyl adjacent to an activating group) is 1. The molecule has 3 aromatic rings. The second kappa shape index (κ2) is 9.63. The molecule has 1 aliphatic rings. The van der Waals surface area contributed by atoms with Crippen LogP contribution in [-0.4, -0.2) is 90.4 Å². The highest BCUT2D eigenvalue weighted by molar-refractivity contribution is 5.93. The quantitative estimate of drug-likeness (QED) is 0.324. The highest BCUT2D eigenvalue weighted by Crippen LogP contribution is 2.32. The van der Waals surface area contributed by atoms with Crippen LogP contribution in [0.25, 0.3) is 11.2 Å². The number of imidazole rings is 1. The zero-order valence-electron chi connectivity index (χ0n) is 19.2. The highest BCUT2D eigenvalue weighted by atomic mass is 16.6. The number of carbonyl (C=O) groups excluding carboxylic acids is 2. The van der Waals surface area contributed by atoms with Crippen LogP contribution in [0.4, 0.5) is 5.82 Å². The number of ether oxygens (including phenoxy) is 1. The van der Waals surface area contributed by atoms with Crippen molar-refractivity contribution >= 4 is 28.8 Å². The van der Waals surface area contributed by atoms with Gasteiger partial charge in [-0.3, -0.25) is 19.1 Å². The van der Waals surface area contributed by atoms with Gasteiger partial charge in [0, 0.05) is 26.0 Å². The van der Waals surface area contributed by atoms with Crippen molar-refractivity contribution < 1.29 is 24.5 Å². The van der Waals surface area contributed by atoms with E-state index in [1.54, 1.807) is 19.2 Å². The summed E-state index contributed by atoms with van der Waals surface area (Å²) in [5, 5.41) is 23.1. The van der Waals surface area contributed by atoms with E-state index in [-0.39, 0.29) is 35.3 Å². The molecule has 2 amide bonds. The molecule has 5 N–H and O–H groups in total. The minimum absolute atomic E-state index is 0.0455. The maximum atomic E-state index is 12.5. The number of anilines is 1. The Kier molecular flexibility index (Phi) is 6.61. The molecule has 0 saturated carbocycles. The maximum absolute atomic E-state index is 12.5. The third-order valence-corrected chi connectivity index (χ3v) is 5.49. The van der Waals surface area contributed by atoms with E-state index in [4.69, 9.17) is 10.5 Å². The summed E-state index contributed by atoms with van der Waals surface area (Å²) in [5.41, 5.74) is 7.70. The fraction of sp³-hybridized carbons (Fsp3) is 0.364. The van der Waals surface area contributed by atoms with Crippen molar-refractivity contribution in [2.45, 2.75) is 31.5 Å². The molecule has 1 aliphatic heterocycles. The Hall–Kier alpha value is -4.12. The number of carbonyl (C=O) groups is 2. The third-order valence-electron chi connectivity index (χ3n) is 5.49. The van der Waals surface area contributed by atoms with Crippen LogP contribution in [0.3, 0.4) is 0 Å². The van der Waals surface area contributed by atoms with E-state index in [1.807, 2.05) is 6.92 Å². The lowest BCUT2D eigenvalue weighted by molar-refractivity contribution is -0.137. The van der Waals surface area contributed by atoms with Gasteiger partial charge in [-0.1, -0.05) is 5.92 Å². The van der Waals surface area contributed by atoms with E-state index in [0.29, 0.717) is 5.56 Å². The van der Waals surface area contributed by atoms with Gasteiger partial charge in [0.15, 0.2) is 23.8 Å². The van der Waals surface area contributed by atoms with Gasteiger partial charge in [-0.2, -0.15) is 0 Å². The lowest BCUT2D eigenvalue weighted by atomic mass is 10.1. The number of rotatable bonds is 4. The number of amides is 2. The second-order valence-corrected chi connectivity index (χ2v) is 7.95. The van der Waals surface area contributed by atoms with Gasteiger partial charge in [0.1, 0.15) is 17.7 Å². The fourth-order valence-electron chi connectivity index (χ4n) is 3.55. The molecule has 0 aromatic carbocycles. The molecule has 13 heteroatoms. The predicted molar refractivity (Wildman–Crippen MR) is 123 cm³/mol. The van der Waals surface area contributed by atoms with Gasteiger partial charge in [0.05, 0.1) is 18.4 Å². The van der Waals surface area contributed by atoms with Crippen molar-refractivity contribution in [1.29, 1.82) is 0 Å². The smallest absolute Gasteiger partial charge is 0.255 e. The van der Waals surface area contributed by atoms with Gasteiger partial charge in [-0.05, 0) is 25.0 Å². The molecular weight excluding hydrogens is 456 g/mol. The number of nitrogens with one attached hydrogen (secondary N) is 1. The van der Waals surface area contributed by atoms with Crippen molar-refractivity contribution in [2.75, 3.05) is 26.4 Å². The van der Waals surface area contributed by atoms with Crippen molar-refractivity contribution in [3.8, 4) is 11.8 Å². The first-order valence-corrected chi connectivity index (χ1v) is 10.6. The maximum Gasteiger partial charge on any atom is 0.255 e. The molecule has 182 valence electrons. The van der Waals surface area contributed by atoms with Crippen LogP contribution in [0, 0.1) is 18.8 Å². The number of nitrogens with zero attached hydrogens (tertiary/aromatic N) is 6. The van der Waals surface area contributed by atoms with Crippen molar-refractivity contribution in [3.05, 3.63) is 41.7 Å². The molecule has 1 saturated heterocycles. The average molecular weight is 480 g/mol. The van der Waals surface area contributed by atoms with Gasteiger partial charge in [-0.25, -0.2) is 15.0 Å². The minimum Gasteiger partial charge on any atom is -0.387 e. The molecule has 13 nitrogen and oxygen atoms in total. The number of hydrogen-bond acceptors (Lipinski definition) is 10. The van der Waals surface area contributed by atoms with Crippen molar-refractivity contribution in [3.63, 3.8) is 0 Å². The molecule has 4 rings (SSSR count). The normalized spacial score (nSPS) is 21.4. The molecule has 4 heterocycles. The Balaban J connectivity index is 1.56. The first-order chi connectivity index (χ1) is 16.7. The number of aromatic nitrogens is 5. The number of pyridine rings is 1. The minimum atomic E-state index is -1.45. The van der Waals surface area contributed by atoms with E-state index < -0.39 is 30.4 Å². The van der Waals surface area contributed by atoms with Crippen LogP contribution < -0.4 is 11.1 Å². The molecule has 0 aliphatic carbocycles. The van der Waals surface area contributed by atoms with Gasteiger partial charge in [0.2, 0.25) is 5.82 Å². The Morgan fingerprint density at radius 3 is 2.71 bits per heavy atom. The predicted octanol–water partition coefficient (Wildman–Crippen LogP) is -1.40. The molecule has 1 unspecified atom stereocenters. The summed E-state index contributed by atoms with van der Waals surface area (Å²) in [6.07, 6.45) is -2.45. The van der Waals surface area contributed by atoms with Gasteiger partial charge in [0.25, 0.3) is 11.8 Å². The summed E-state index contributed by atoms with van der Waals surface area (Å²) in [7, 11) is 3.00. The molecule has 3 aromatic heterocycles. The fourth-order valence-corrected chi connectivity index (χ4v) is 3.55. The lowest BCUT2D eigenvalue weighted by Crippen LogP contribution is -2.41. The van der Waals surface area contributed by atoms with Crippen LogP contribution in [0.5, 0.6) is 0 Å². The Morgan fingerprint density at radius 1 is 1.26 bits per heavy atom. The van der Waals surface area contributed by atoms with Gasteiger partial charge in [-0.15, -0.1) is 0 Å². The SMILES string of the molecule is CNC(=O)[C@H]1O[C@@H](n2cnc3c(N)nc(C#CCN(C)C(=O)c4ccc(C)nc4)nc32)C(O)[C@@H]1O. The van der Waals surface area contributed by atoms with E-state index in [0.717, 1.165) is 5.69 Å². The summed E-state index contributed by atoms with van der Waals surface area (Å²) in [6, 6.07) is 3.45. The second-order valence-electron chi connectivity index (χ2n) is 7.95. The summed E-state index contributed by atoms with van der Waals surface area (Å²) in [4.78, 5) is 42.6. The third kappa shape index (κ3) is 4.62. The Bertz CT molecular complexity index is 1330. The van der Waals surface area contributed by atoms with Crippen molar-refractivity contribution in [2.24, 2.45) is 0 Å². The molecule has 1 fully saturated rings. The van der Waals surface area contributed by atoms with Crippen LogP contribution in [0.1, 0.15) is 28.1 Å². The number of aliphatic hydroxyl groups is 2. The number of nitrogens with two attached hydrogens (primary N) is 1. The molecule has 0 bridgehead atoms. The number of hydrogen-bond donors (Lipinski definition) is 4. The van der Waals surface area contributed by atoms with Crippen molar-refractivity contribution in [1.82, 2.24) is 34.7 Å². The first kappa shape index (κ1) is 24.0. The summed E-state index contributed by atoms with van der Waals surface area (Å²) >= 11 is 0. The number of aliphatic hydroxyl groups excluding tert-OH is 2. The monoisotopic (exact) mass is 480 g/mol. The number of aryl methyl sites for hydroxylation is 1. The highest BCUT2D eigenvalue weighted by Gasteiger charge is 2.47. The van der Waals surface area contributed by atoms with Crippen LogP contribution in [0.2, 0.25) is 0 Å². The summed E-state index contributed by atoms with van der Waals surface area (Å²) in [6.45, 7) is 1.93. The molecule has 35 heavy (non-hydrogen) atoms. The van der Waals surface area contributed by atoms with E-state index >= 15 is 0 Å². The largest absolute Gasteiger partial charge is 0.387 e. The van der Waals surface area contributed by atoms with Gasteiger partial charge < -0.3 is 30.9 Å². The number of fused-ring (bicyclic) bond motifs is 1.